The summed E-state index contributed by atoms with van der Waals surface area (Å²) in [5.41, 5.74) is 1.99. The van der Waals surface area contributed by atoms with E-state index in [2.05, 4.69) is 15.5 Å². The van der Waals surface area contributed by atoms with Crippen LogP contribution in [0.3, 0.4) is 0 Å². The van der Waals surface area contributed by atoms with Gasteiger partial charge < -0.3 is 14.8 Å². The fraction of sp³-hybridized carbons (Fsp3) is 0.263. The number of hydrogen-bond acceptors (Lipinski definition) is 6. The van der Waals surface area contributed by atoms with Crippen molar-refractivity contribution in [2.24, 2.45) is 7.05 Å². The molecule has 3 aromatic rings. The topological polar surface area (TPSA) is 100 Å². The molecular weight excluding hydrogens is 398 g/mol. The number of benzene rings is 1. The zero-order valence-electron chi connectivity index (χ0n) is 16.4. The Labute approximate surface area is 172 Å². The first-order valence-corrected chi connectivity index (χ1v) is 9.03. The Hall–Kier alpha value is -3.33. The molecule has 0 atom stereocenters. The van der Waals surface area contributed by atoms with Crippen LogP contribution in [-0.2, 0) is 18.5 Å². The van der Waals surface area contributed by atoms with E-state index in [1.54, 1.807) is 38.4 Å². The monoisotopic (exact) mass is 417 g/mol. The van der Waals surface area contributed by atoms with Crippen molar-refractivity contribution < 1.29 is 19.1 Å². The minimum atomic E-state index is -0.638. The van der Waals surface area contributed by atoms with Crippen LogP contribution in [0, 0.1) is 13.8 Å². The summed E-state index contributed by atoms with van der Waals surface area (Å²) < 4.78 is 13.3. The highest BCUT2D eigenvalue weighted by molar-refractivity contribution is 6.31. The zero-order valence-corrected chi connectivity index (χ0v) is 17.1. The van der Waals surface area contributed by atoms with Crippen LogP contribution in [0.25, 0.3) is 0 Å². The average Bonchev–Trinajstić information content (AvgIpc) is 3.29. The lowest BCUT2D eigenvalue weighted by molar-refractivity contribution is 0.0594. The normalized spacial score (nSPS) is 10.7. The highest BCUT2D eigenvalue weighted by Gasteiger charge is 2.23. The van der Waals surface area contributed by atoms with Gasteiger partial charge in [-0.05, 0) is 43.7 Å². The molecule has 0 fully saturated rings. The highest BCUT2D eigenvalue weighted by Crippen LogP contribution is 2.22. The molecule has 9 nitrogen and oxygen atoms in total. The number of esters is 1. The number of hydrogen-bond donors (Lipinski definition) is 1. The second-order valence-corrected chi connectivity index (χ2v) is 6.71. The van der Waals surface area contributed by atoms with Crippen molar-refractivity contribution >= 4 is 29.2 Å². The SMILES string of the molecule is COC(=O)c1nn(C)c(C)c1NC(=O)c1ccn(COc2ccc(Cl)c(C)c2)n1. The van der Waals surface area contributed by atoms with Gasteiger partial charge in [-0.15, -0.1) is 0 Å². The van der Waals surface area contributed by atoms with E-state index in [-0.39, 0.29) is 23.8 Å². The summed E-state index contributed by atoms with van der Waals surface area (Å²) in [6, 6.07) is 6.88. The van der Waals surface area contributed by atoms with Crippen LogP contribution in [0.4, 0.5) is 5.69 Å². The lowest BCUT2D eigenvalue weighted by Crippen LogP contribution is -2.17. The Balaban J connectivity index is 1.70. The van der Waals surface area contributed by atoms with Crippen LogP contribution in [-0.4, -0.2) is 38.5 Å². The summed E-state index contributed by atoms with van der Waals surface area (Å²) in [7, 11) is 2.92. The van der Waals surface area contributed by atoms with Crippen LogP contribution in [0.15, 0.2) is 30.5 Å². The molecule has 152 valence electrons. The maximum absolute atomic E-state index is 12.6. The van der Waals surface area contributed by atoms with Crippen molar-refractivity contribution in [3.63, 3.8) is 0 Å². The van der Waals surface area contributed by atoms with E-state index in [0.29, 0.717) is 16.5 Å². The van der Waals surface area contributed by atoms with Crippen molar-refractivity contribution in [2.45, 2.75) is 20.6 Å². The smallest absolute Gasteiger partial charge is 0.360 e. The van der Waals surface area contributed by atoms with Crippen molar-refractivity contribution in [1.82, 2.24) is 19.6 Å². The molecule has 3 rings (SSSR count). The Morgan fingerprint density at radius 1 is 1.21 bits per heavy atom. The summed E-state index contributed by atoms with van der Waals surface area (Å²) in [4.78, 5) is 24.5. The van der Waals surface area contributed by atoms with Crippen molar-refractivity contribution in [3.05, 3.63) is 58.1 Å². The van der Waals surface area contributed by atoms with E-state index in [1.807, 2.05) is 13.0 Å². The first-order valence-electron chi connectivity index (χ1n) is 8.65. The predicted octanol–water partition coefficient (Wildman–Crippen LogP) is 2.96. The lowest BCUT2D eigenvalue weighted by atomic mass is 10.2. The number of methoxy groups -OCH3 is 1. The molecule has 0 unspecified atom stereocenters. The van der Waals surface area contributed by atoms with Gasteiger partial charge in [-0.2, -0.15) is 10.2 Å². The number of carbonyl (C=O) groups excluding carboxylic acids is 2. The molecule has 0 saturated heterocycles. The first kappa shape index (κ1) is 20.4. The van der Waals surface area contributed by atoms with Crippen LogP contribution in [0.1, 0.15) is 32.2 Å². The molecule has 1 aromatic carbocycles. The number of carbonyl (C=O) groups is 2. The van der Waals surface area contributed by atoms with Crippen LogP contribution in [0.2, 0.25) is 5.02 Å². The second kappa shape index (κ2) is 8.36. The number of aryl methyl sites for hydroxylation is 2. The molecule has 0 radical (unpaired) electrons. The summed E-state index contributed by atoms with van der Waals surface area (Å²) in [5, 5.41) is 11.6. The third-order valence-electron chi connectivity index (χ3n) is 4.32. The van der Waals surface area contributed by atoms with Crippen LogP contribution >= 0.6 is 11.6 Å². The number of nitrogens with one attached hydrogen (secondary N) is 1. The van der Waals surface area contributed by atoms with E-state index in [1.165, 1.54) is 16.5 Å². The molecule has 1 amide bonds. The summed E-state index contributed by atoms with van der Waals surface area (Å²) in [6.07, 6.45) is 1.62. The fourth-order valence-corrected chi connectivity index (χ4v) is 2.69. The highest BCUT2D eigenvalue weighted by atomic mass is 35.5. The number of halogens is 1. The van der Waals surface area contributed by atoms with Crippen molar-refractivity contribution in [3.8, 4) is 5.75 Å². The number of anilines is 1. The minimum Gasteiger partial charge on any atom is -0.471 e. The number of amides is 1. The number of nitrogens with zero attached hydrogens (tertiary/aromatic N) is 4. The van der Waals surface area contributed by atoms with Gasteiger partial charge in [0.1, 0.15) is 5.75 Å². The molecule has 0 spiro atoms. The maximum atomic E-state index is 12.6. The maximum Gasteiger partial charge on any atom is 0.360 e. The van der Waals surface area contributed by atoms with E-state index in [4.69, 9.17) is 21.1 Å². The lowest BCUT2D eigenvalue weighted by Gasteiger charge is -2.08. The number of rotatable bonds is 6. The van der Waals surface area contributed by atoms with E-state index < -0.39 is 11.9 Å². The van der Waals surface area contributed by atoms with Gasteiger partial charge in [-0.25, -0.2) is 9.48 Å². The summed E-state index contributed by atoms with van der Waals surface area (Å²) in [5.74, 6) is -0.476. The molecule has 10 heteroatoms. The van der Waals surface area contributed by atoms with E-state index >= 15 is 0 Å². The minimum absolute atomic E-state index is 0.0294. The number of ether oxygens (including phenoxy) is 2. The predicted molar refractivity (Wildman–Crippen MR) is 106 cm³/mol. The molecule has 29 heavy (non-hydrogen) atoms. The Morgan fingerprint density at radius 2 is 1.97 bits per heavy atom. The summed E-state index contributed by atoms with van der Waals surface area (Å²) in [6.45, 7) is 3.73. The summed E-state index contributed by atoms with van der Waals surface area (Å²) >= 11 is 6.00. The molecule has 0 aliphatic rings. The Morgan fingerprint density at radius 3 is 2.66 bits per heavy atom. The van der Waals surface area contributed by atoms with E-state index in [9.17, 15) is 9.59 Å². The second-order valence-electron chi connectivity index (χ2n) is 6.30. The largest absolute Gasteiger partial charge is 0.471 e. The van der Waals surface area contributed by atoms with Crippen molar-refractivity contribution in [2.75, 3.05) is 12.4 Å². The van der Waals surface area contributed by atoms with Gasteiger partial charge in [0.2, 0.25) is 0 Å². The third-order valence-corrected chi connectivity index (χ3v) is 4.74. The molecule has 0 aliphatic heterocycles. The van der Waals surface area contributed by atoms with E-state index in [0.717, 1.165) is 5.56 Å². The van der Waals surface area contributed by atoms with Gasteiger partial charge in [-0.1, -0.05) is 11.6 Å². The first-order chi connectivity index (χ1) is 13.8. The van der Waals surface area contributed by atoms with Gasteiger partial charge in [0.15, 0.2) is 18.1 Å². The molecule has 1 N–H and O–H groups in total. The number of aromatic nitrogens is 4. The van der Waals surface area contributed by atoms with Gasteiger partial charge in [-0.3, -0.25) is 9.48 Å². The molecule has 0 aliphatic carbocycles. The average molecular weight is 418 g/mol. The quantitative estimate of drug-likeness (QED) is 0.619. The Bertz CT molecular complexity index is 1070. The Kier molecular flexibility index (Phi) is 5.88. The van der Waals surface area contributed by atoms with Crippen LogP contribution in [0.5, 0.6) is 5.75 Å². The van der Waals surface area contributed by atoms with Crippen molar-refractivity contribution in [1.29, 1.82) is 0 Å². The molecular formula is C19H20ClN5O4. The zero-order chi connectivity index (χ0) is 21.1. The molecule has 2 aromatic heterocycles. The van der Waals surface area contributed by atoms with Gasteiger partial charge in [0.05, 0.1) is 18.5 Å². The van der Waals surface area contributed by atoms with Gasteiger partial charge in [0.25, 0.3) is 5.91 Å². The fourth-order valence-electron chi connectivity index (χ4n) is 2.58. The van der Waals surface area contributed by atoms with Crippen LogP contribution < -0.4 is 10.1 Å². The molecule has 0 bridgehead atoms. The van der Waals surface area contributed by atoms with Gasteiger partial charge in [0, 0.05) is 18.3 Å². The standard InChI is InChI=1S/C19H20ClN5O4/c1-11-9-13(5-6-14(11)20)29-10-25-8-7-15(22-25)18(26)21-16-12(2)24(3)23-17(16)19(27)28-4/h5-9H,10H2,1-4H3,(H,21,26). The molecule has 0 saturated carbocycles. The third kappa shape index (κ3) is 4.40. The molecule has 2 heterocycles. The van der Waals surface area contributed by atoms with Gasteiger partial charge >= 0.3 is 5.97 Å².